The Morgan fingerprint density at radius 1 is 1.18 bits per heavy atom. The van der Waals surface area contributed by atoms with Crippen LogP contribution in [-0.4, -0.2) is 47.7 Å². The summed E-state index contributed by atoms with van der Waals surface area (Å²) in [6.07, 6.45) is 6.73. The molecule has 0 unspecified atom stereocenters. The lowest BCUT2D eigenvalue weighted by Gasteiger charge is -2.28. The van der Waals surface area contributed by atoms with Gasteiger partial charge in [0.1, 0.15) is 0 Å². The monoisotopic (exact) mass is 240 g/mol. The number of carbonyl (C=O) groups excluding carboxylic acids is 1. The Balaban J connectivity index is 1.65. The van der Waals surface area contributed by atoms with Crippen molar-refractivity contribution in [2.45, 2.75) is 57.1 Å². The molecule has 17 heavy (non-hydrogen) atoms. The Morgan fingerprint density at radius 2 is 1.88 bits per heavy atom. The van der Waals surface area contributed by atoms with Crippen LogP contribution >= 0.6 is 0 Å². The minimum absolute atomic E-state index is 0.00479. The van der Waals surface area contributed by atoms with E-state index in [-0.39, 0.29) is 18.1 Å². The van der Waals surface area contributed by atoms with Crippen LogP contribution in [0.1, 0.15) is 44.9 Å². The Morgan fingerprint density at radius 3 is 2.59 bits per heavy atom. The molecule has 4 heteroatoms. The molecular formula is C13H24N2O2. The Labute approximate surface area is 103 Å². The zero-order valence-corrected chi connectivity index (χ0v) is 10.5. The Hall–Kier alpha value is -0.610. The first kappa shape index (κ1) is 12.8. The van der Waals surface area contributed by atoms with Crippen molar-refractivity contribution in [2.75, 3.05) is 19.6 Å². The van der Waals surface area contributed by atoms with Gasteiger partial charge in [0.05, 0.1) is 12.1 Å². The summed E-state index contributed by atoms with van der Waals surface area (Å²) in [5, 5.41) is 12.7. The molecule has 98 valence electrons. The molecule has 1 aliphatic carbocycles. The van der Waals surface area contributed by atoms with E-state index in [1.54, 1.807) is 0 Å². The third-order valence-electron chi connectivity index (χ3n) is 3.93. The van der Waals surface area contributed by atoms with E-state index in [0.29, 0.717) is 6.42 Å². The average molecular weight is 240 g/mol. The summed E-state index contributed by atoms with van der Waals surface area (Å²) in [4.78, 5) is 14.1. The average Bonchev–Trinajstić information content (AvgIpc) is 2.82. The second kappa shape index (κ2) is 6.36. The van der Waals surface area contributed by atoms with Crippen molar-refractivity contribution in [1.82, 2.24) is 10.2 Å². The molecule has 0 spiro atoms. The van der Waals surface area contributed by atoms with Gasteiger partial charge in [-0.05, 0) is 38.8 Å². The van der Waals surface area contributed by atoms with Gasteiger partial charge in [-0.2, -0.15) is 0 Å². The van der Waals surface area contributed by atoms with Crippen molar-refractivity contribution in [3.05, 3.63) is 0 Å². The fraction of sp³-hybridized carbons (Fsp3) is 0.923. The topological polar surface area (TPSA) is 52.6 Å². The van der Waals surface area contributed by atoms with Crippen LogP contribution in [0.15, 0.2) is 0 Å². The van der Waals surface area contributed by atoms with Gasteiger partial charge in [0.2, 0.25) is 5.91 Å². The summed E-state index contributed by atoms with van der Waals surface area (Å²) in [5.74, 6) is 0.0999. The largest absolute Gasteiger partial charge is 0.391 e. The van der Waals surface area contributed by atoms with Crippen molar-refractivity contribution in [3.63, 3.8) is 0 Å². The molecule has 2 N–H and O–H groups in total. The van der Waals surface area contributed by atoms with E-state index in [0.717, 1.165) is 45.3 Å². The highest BCUT2D eigenvalue weighted by atomic mass is 16.3. The first-order valence-electron chi connectivity index (χ1n) is 6.95. The summed E-state index contributed by atoms with van der Waals surface area (Å²) >= 11 is 0. The number of nitrogens with zero attached hydrogens (tertiary/aromatic N) is 1. The van der Waals surface area contributed by atoms with Gasteiger partial charge in [-0.25, -0.2) is 0 Å². The SMILES string of the molecule is O=C(CCN1CCCC1)N[C@H]1CCCC[C@@H]1O. The third-order valence-corrected chi connectivity index (χ3v) is 3.93. The zero-order valence-electron chi connectivity index (χ0n) is 10.5. The smallest absolute Gasteiger partial charge is 0.221 e. The predicted octanol–water partition coefficient (Wildman–Crippen LogP) is 0.892. The molecule has 0 aromatic rings. The standard InChI is InChI=1S/C13H24N2O2/c16-12-6-2-1-5-11(12)14-13(17)7-10-15-8-3-4-9-15/h11-12,16H,1-10H2,(H,14,17)/t11-,12-/m0/s1. The van der Waals surface area contributed by atoms with E-state index >= 15 is 0 Å². The van der Waals surface area contributed by atoms with Crippen LogP contribution in [0.25, 0.3) is 0 Å². The molecule has 2 aliphatic rings. The van der Waals surface area contributed by atoms with Crippen LogP contribution in [0, 0.1) is 0 Å². The van der Waals surface area contributed by atoms with E-state index in [1.165, 1.54) is 12.8 Å². The van der Waals surface area contributed by atoms with Gasteiger partial charge in [-0.15, -0.1) is 0 Å². The minimum Gasteiger partial charge on any atom is -0.391 e. The highest BCUT2D eigenvalue weighted by Crippen LogP contribution is 2.18. The highest BCUT2D eigenvalue weighted by molar-refractivity contribution is 5.76. The Bertz CT molecular complexity index is 252. The van der Waals surface area contributed by atoms with Crippen molar-refractivity contribution in [1.29, 1.82) is 0 Å². The van der Waals surface area contributed by atoms with Crippen molar-refractivity contribution < 1.29 is 9.90 Å². The predicted molar refractivity (Wildman–Crippen MR) is 66.7 cm³/mol. The minimum atomic E-state index is -0.334. The lowest BCUT2D eigenvalue weighted by Crippen LogP contribution is -2.45. The van der Waals surface area contributed by atoms with Gasteiger partial charge in [-0.3, -0.25) is 4.79 Å². The lowest BCUT2D eigenvalue weighted by atomic mass is 9.92. The summed E-state index contributed by atoms with van der Waals surface area (Å²) in [5.41, 5.74) is 0. The van der Waals surface area contributed by atoms with Crippen LogP contribution in [0.4, 0.5) is 0 Å². The maximum Gasteiger partial charge on any atom is 0.221 e. The van der Waals surface area contributed by atoms with Crippen LogP contribution in [-0.2, 0) is 4.79 Å². The number of hydrogen-bond donors (Lipinski definition) is 2. The van der Waals surface area contributed by atoms with Crippen molar-refractivity contribution in [3.8, 4) is 0 Å². The molecule has 0 aromatic heterocycles. The first-order valence-corrected chi connectivity index (χ1v) is 6.95. The molecule has 2 rings (SSSR count). The van der Waals surface area contributed by atoms with Gasteiger partial charge in [0.15, 0.2) is 0 Å². The number of hydrogen-bond acceptors (Lipinski definition) is 3. The van der Waals surface area contributed by atoms with E-state index in [2.05, 4.69) is 10.2 Å². The van der Waals surface area contributed by atoms with E-state index in [1.807, 2.05) is 0 Å². The zero-order chi connectivity index (χ0) is 12.1. The molecule has 1 aliphatic heterocycles. The molecule has 0 aromatic carbocycles. The number of nitrogens with one attached hydrogen (secondary N) is 1. The first-order chi connectivity index (χ1) is 8.25. The molecule has 0 radical (unpaired) electrons. The van der Waals surface area contributed by atoms with Crippen LogP contribution in [0.2, 0.25) is 0 Å². The number of likely N-dealkylation sites (tertiary alicyclic amines) is 1. The molecule has 1 saturated carbocycles. The quantitative estimate of drug-likeness (QED) is 0.767. The van der Waals surface area contributed by atoms with Gasteiger partial charge in [0, 0.05) is 13.0 Å². The number of aliphatic hydroxyl groups excluding tert-OH is 1. The van der Waals surface area contributed by atoms with Gasteiger partial charge in [-0.1, -0.05) is 12.8 Å². The fourth-order valence-electron chi connectivity index (χ4n) is 2.82. The van der Waals surface area contributed by atoms with E-state index in [4.69, 9.17) is 0 Å². The second-order valence-corrected chi connectivity index (χ2v) is 5.32. The van der Waals surface area contributed by atoms with Crippen molar-refractivity contribution in [2.24, 2.45) is 0 Å². The molecule has 1 amide bonds. The number of carbonyl (C=O) groups is 1. The molecule has 1 heterocycles. The van der Waals surface area contributed by atoms with E-state index in [9.17, 15) is 9.90 Å². The van der Waals surface area contributed by atoms with Gasteiger partial charge < -0.3 is 15.3 Å². The maximum absolute atomic E-state index is 11.8. The molecule has 2 atom stereocenters. The normalized spacial score (nSPS) is 30.4. The van der Waals surface area contributed by atoms with Crippen molar-refractivity contribution >= 4 is 5.91 Å². The fourth-order valence-corrected chi connectivity index (χ4v) is 2.82. The Kier molecular flexibility index (Phi) is 4.80. The number of amides is 1. The van der Waals surface area contributed by atoms with E-state index < -0.39 is 0 Å². The summed E-state index contributed by atoms with van der Waals surface area (Å²) in [6, 6.07) is -0.00479. The van der Waals surface area contributed by atoms with Crippen LogP contribution in [0.3, 0.4) is 0 Å². The lowest BCUT2D eigenvalue weighted by molar-refractivity contribution is -0.123. The molecule has 2 fully saturated rings. The molecule has 0 bridgehead atoms. The van der Waals surface area contributed by atoms with Crippen LogP contribution in [0.5, 0.6) is 0 Å². The number of aliphatic hydroxyl groups is 1. The second-order valence-electron chi connectivity index (χ2n) is 5.32. The summed E-state index contributed by atoms with van der Waals surface area (Å²) in [6.45, 7) is 3.15. The van der Waals surface area contributed by atoms with Gasteiger partial charge >= 0.3 is 0 Å². The van der Waals surface area contributed by atoms with Crippen LogP contribution < -0.4 is 5.32 Å². The number of rotatable bonds is 4. The third kappa shape index (κ3) is 3.96. The van der Waals surface area contributed by atoms with Gasteiger partial charge in [0.25, 0.3) is 0 Å². The molecular weight excluding hydrogens is 216 g/mol. The molecule has 4 nitrogen and oxygen atoms in total. The maximum atomic E-state index is 11.8. The summed E-state index contributed by atoms with van der Waals surface area (Å²) in [7, 11) is 0. The molecule has 1 saturated heterocycles. The highest BCUT2D eigenvalue weighted by Gasteiger charge is 2.24. The summed E-state index contributed by atoms with van der Waals surface area (Å²) < 4.78 is 0.